The average molecular weight is 701 g/mol. The van der Waals surface area contributed by atoms with Crippen LogP contribution < -0.4 is 14.2 Å². The van der Waals surface area contributed by atoms with Gasteiger partial charge in [0, 0.05) is 40.6 Å². The summed E-state index contributed by atoms with van der Waals surface area (Å²) < 4.78 is 27.6. The van der Waals surface area contributed by atoms with Crippen molar-refractivity contribution in [3.63, 3.8) is 0 Å². The summed E-state index contributed by atoms with van der Waals surface area (Å²) in [5.41, 5.74) is 8.28. The quantitative estimate of drug-likeness (QED) is 0.182. The first-order chi connectivity index (χ1) is 22.4. The van der Waals surface area contributed by atoms with Crippen LogP contribution in [0.5, 0.6) is 17.2 Å². The minimum Gasteiger partial charge on any atom is -0.496 e. The minimum atomic E-state index is -0.0309. The van der Waals surface area contributed by atoms with Gasteiger partial charge in [0.1, 0.15) is 28.3 Å². The van der Waals surface area contributed by atoms with Gasteiger partial charge in [-0.05, 0) is 71.2 Å². The molecule has 0 bridgehead atoms. The highest BCUT2D eigenvalue weighted by atomic mass is 16.5. The lowest BCUT2D eigenvalue weighted by Gasteiger charge is -2.23. The smallest absolute Gasteiger partial charge is 0.192 e. The maximum Gasteiger partial charge on any atom is 0.192 e. The summed E-state index contributed by atoms with van der Waals surface area (Å²) in [5, 5.41) is 2.33. The fourth-order valence-electron chi connectivity index (χ4n) is 6.08. The van der Waals surface area contributed by atoms with Crippen molar-refractivity contribution in [3.8, 4) is 17.2 Å². The molecule has 0 aliphatic heterocycles. The highest BCUT2D eigenvalue weighted by Gasteiger charge is 2.26. The second kappa shape index (κ2) is 17.1. The molecule has 0 radical (unpaired) electrons. The highest BCUT2D eigenvalue weighted by molar-refractivity contribution is 5.87. The number of aryl methyl sites for hydroxylation is 2. The molecule has 0 N–H and O–H groups in total. The Balaban J connectivity index is 0.000000372. The number of ether oxygens (including phenoxy) is 3. The third-order valence-electron chi connectivity index (χ3n) is 8.17. The van der Waals surface area contributed by atoms with Crippen LogP contribution in [-0.4, -0.2) is 31.3 Å². The summed E-state index contributed by atoms with van der Waals surface area (Å²) in [6.07, 6.45) is 3.64. The topological polar surface area (TPSA) is 79.8 Å². The van der Waals surface area contributed by atoms with Crippen molar-refractivity contribution in [2.45, 2.75) is 115 Å². The maximum atomic E-state index is 5.68. The molecule has 0 aliphatic rings. The van der Waals surface area contributed by atoms with Gasteiger partial charge in [-0.1, -0.05) is 90.7 Å². The third-order valence-corrected chi connectivity index (χ3v) is 8.17. The van der Waals surface area contributed by atoms with E-state index < -0.39 is 0 Å². The number of hydrogen-bond donors (Lipinski definition) is 0. The lowest BCUT2D eigenvalue weighted by Crippen LogP contribution is -2.14. The van der Waals surface area contributed by atoms with Gasteiger partial charge >= 0.3 is 0 Å². The van der Waals surface area contributed by atoms with Crippen molar-refractivity contribution in [1.82, 2.24) is 9.97 Å². The molecule has 0 unspecified atom stereocenters. The summed E-state index contributed by atoms with van der Waals surface area (Å²) in [6, 6.07) is 16.1. The summed E-state index contributed by atoms with van der Waals surface area (Å²) in [4.78, 5) is 8.82. The van der Waals surface area contributed by atoms with Crippen molar-refractivity contribution in [2.75, 3.05) is 21.3 Å². The van der Waals surface area contributed by atoms with Gasteiger partial charge in [0.05, 0.1) is 33.1 Å². The van der Waals surface area contributed by atoms with Crippen LogP contribution in [0.4, 0.5) is 0 Å². The van der Waals surface area contributed by atoms with Crippen LogP contribution in [0, 0.1) is 13.8 Å². The molecule has 0 aliphatic carbocycles. The molecule has 51 heavy (non-hydrogen) atoms. The Bertz CT molecular complexity index is 1990. The normalized spacial score (nSPS) is 11.3. The number of nitrogens with zero attached hydrogens (tertiary/aromatic N) is 2. The zero-order chi connectivity index (χ0) is 35.6. The standard InChI is InChI=1S/C14H17NO.C14H18O2.C13H17NO2.3CH4/c1-14(2,3)12-11(16-4)8-7-10-6-5-9-15-13(10)12;1-9-8-16-13-10(9)6-7-11(15-5)12(13)14(2,3)4;1-8-14-9-6-7-10(15-5)11(12(9)16-8)13(2,3)4;;;/h5-9H,1-4H3;6-8H,1-5H3;6-7H,1-5H3;3*1H4. The Morgan fingerprint density at radius 1 is 0.588 bits per heavy atom. The second-order valence-electron chi connectivity index (χ2n) is 15.1. The highest BCUT2D eigenvalue weighted by Crippen LogP contribution is 2.40. The molecule has 6 aromatic rings. The van der Waals surface area contributed by atoms with Crippen LogP contribution in [0.2, 0.25) is 0 Å². The lowest BCUT2D eigenvalue weighted by atomic mass is 9.84. The Morgan fingerprint density at radius 3 is 1.61 bits per heavy atom. The predicted octanol–water partition coefficient (Wildman–Crippen LogP) is 12.9. The Hall–Kier alpha value is -4.52. The Kier molecular flexibility index (Phi) is 14.9. The monoisotopic (exact) mass is 700 g/mol. The van der Waals surface area contributed by atoms with Crippen LogP contribution in [0.15, 0.2) is 69.8 Å². The van der Waals surface area contributed by atoms with Crippen molar-refractivity contribution in [2.24, 2.45) is 0 Å². The van der Waals surface area contributed by atoms with E-state index in [1.54, 1.807) is 27.6 Å². The van der Waals surface area contributed by atoms with E-state index in [1.165, 1.54) is 16.5 Å². The van der Waals surface area contributed by atoms with Crippen LogP contribution in [-0.2, 0) is 16.2 Å². The van der Waals surface area contributed by atoms with E-state index in [9.17, 15) is 0 Å². The van der Waals surface area contributed by atoms with Gasteiger partial charge in [-0.3, -0.25) is 4.98 Å². The number of aromatic nitrogens is 2. The van der Waals surface area contributed by atoms with E-state index in [2.05, 4.69) is 97.4 Å². The number of rotatable bonds is 3. The van der Waals surface area contributed by atoms with Gasteiger partial charge in [-0.25, -0.2) is 4.98 Å². The molecule has 0 atom stereocenters. The molecule has 3 heterocycles. The van der Waals surface area contributed by atoms with E-state index in [0.717, 1.165) is 56.0 Å². The first-order valence-electron chi connectivity index (χ1n) is 16.3. The molecule has 0 fully saturated rings. The van der Waals surface area contributed by atoms with Crippen LogP contribution in [0.1, 0.15) is 113 Å². The largest absolute Gasteiger partial charge is 0.496 e. The molecule has 0 saturated carbocycles. The van der Waals surface area contributed by atoms with Gasteiger partial charge in [0.2, 0.25) is 0 Å². The Morgan fingerprint density at radius 2 is 1.08 bits per heavy atom. The molecule has 3 aromatic heterocycles. The molecule has 7 nitrogen and oxygen atoms in total. The maximum absolute atomic E-state index is 5.68. The number of methoxy groups -OCH3 is 3. The summed E-state index contributed by atoms with van der Waals surface area (Å²) in [6.45, 7) is 23.4. The summed E-state index contributed by atoms with van der Waals surface area (Å²) in [7, 11) is 5.09. The molecular weight excluding hydrogens is 636 g/mol. The van der Waals surface area contributed by atoms with E-state index in [-0.39, 0.29) is 38.5 Å². The second-order valence-corrected chi connectivity index (χ2v) is 15.1. The zero-order valence-electron chi connectivity index (χ0n) is 31.2. The van der Waals surface area contributed by atoms with Crippen LogP contribution in [0.25, 0.3) is 33.0 Å². The molecule has 3 aromatic carbocycles. The van der Waals surface area contributed by atoms with Crippen molar-refractivity contribution < 1.29 is 23.0 Å². The summed E-state index contributed by atoms with van der Waals surface area (Å²) >= 11 is 0. The molecule has 280 valence electrons. The van der Waals surface area contributed by atoms with Crippen molar-refractivity contribution in [1.29, 1.82) is 0 Å². The minimum absolute atomic E-state index is 0. The lowest BCUT2D eigenvalue weighted by molar-refractivity contribution is 0.396. The predicted molar refractivity (Wildman–Crippen MR) is 217 cm³/mol. The number of fused-ring (bicyclic) bond motifs is 3. The number of furan rings is 1. The first-order valence-corrected chi connectivity index (χ1v) is 16.3. The molecule has 0 amide bonds. The fourth-order valence-corrected chi connectivity index (χ4v) is 6.08. The molecule has 6 rings (SSSR count). The molecule has 7 heteroatoms. The molecule has 0 saturated heterocycles. The fraction of sp³-hybridized carbons (Fsp3) is 0.455. The summed E-state index contributed by atoms with van der Waals surface area (Å²) in [5.74, 6) is 3.36. The zero-order valence-corrected chi connectivity index (χ0v) is 31.2. The van der Waals surface area contributed by atoms with Gasteiger partial charge in [-0.2, -0.15) is 0 Å². The van der Waals surface area contributed by atoms with E-state index >= 15 is 0 Å². The van der Waals surface area contributed by atoms with Crippen LogP contribution in [0.3, 0.4) is 0 Å². The van der Waals surface area contributed by atoms with E-state index in [1.807, 2.05) is 43.5 Å². The third kappa shape index (κ3) is 9.63. The number of pyridine rings is 1. The van der Waals surface area contributed by atoms with E-state index in [0.29, 0.717) is 5.89 Å². The van der Waals surface area contributed by atoms with Gasteiger partial charge in [0.15, 0.2) is 11.5 Å². The molecule has 0 spiro atoms. The number of benzene rings is 3. The average Bonchev–Trinajstić information content (AvgIpc) is 3.59. The number of hydrogen-bond acceptors (Lipinski definition) is 7. The van der Waals surface area contributed by atoms with Gasteiger partial charge in [-0.15, -0.1) is 0 Å². The van der Waals surface area contributed by atoms with Gasteiger partial charge < -0.3 is 23.0 Å². The Labute approximate surface area is 307 Å². The van der Waals surface area contributed by atoms with Crippen molar-refractivity contribution in [3.05, 3.63) is 89.1 Å². The van der Waals surface area contributed by atoms with Crippen molar-refractivity contribution >= 4 is 33.0 Å². The SMILES string of the molecule is C.C.C.COc1ccc2c(C)coc2c1C(C)(C)C.COc1ccc2cccnc2c1C(C)(C)C.COc1ccc2nc(C)oc2c1C(C)(C)C. The number of oxazole rings is 1. The first kappa shape index (κ1) is 44.5. The van der Waals surface area contributed by atoms with Crippen LogP contribution >= 0.6 is 0 Å². The van der Waals surface area contributed by atoms with Gasteiger partial charge in [0.25, 0.3) is 0 Å². The molecular formula is C44H64N2O5. The van der Waals surface area contributed by atoms with E-state index in [4.69, 9.17) is 23.0 Å².